The molecule has 15 heteroatoms. The molecule has 49 heavy (non-hydrogen) atoms. The standard InChI is InChI=1S/2C9H11BO3.C8H9BO3.C8H9BO2/c1-10(12)9-4-3-8(13-2)5-7(9)6-11;1-10(12)9-5-8(13-2)4-3-7(9)6-11;1-6-3-2-4-7(5-10)8(6)9(11)12;1-9(11)8-5-3-2-4-7(8)6-10/h2*3-6,12H,1-2H3;2-5,11-12H,1H3;2-6,11H,1H3. The van der Waals surface area contributed by atoms with Gasteiger partial charge in [0.05, 0.1) is 14.2 Å². The molecule has 5 N–H and O–H groups in total. The number of carbonyl (C=O) groups is 4. The first kappa shape index (κ1) is 42.2. The number of rotatable bonds is 10. The molecule has 0 radical (unpaired) electrons. The summed E-state index contributed by atoms with van der Waals surface area (Å²) in [7, 11) is 1.50. The fourth-order valence-electron chi connectivity index (χ4n) is 4.47. The highest BCUT2D eigenvalue weighted by molar-refractivity contribution is 6.67. The highest BCUT2D eigenvalue weighted by Gasteiger charge is 2.17. The number of aryl methyl sites for hydroxylation is 1. The molecule has 0 unspecified atom stereocenters. The second-order valence-electron chi connectivity index (χ2n) is 10.6. The maximum absolute atomic E-state index is 10.6. The molecular formula is C34H40B4O11. The van der Waals surface area contributed by atoms with E-state index in [9.17, 15) is 34.3 Å². The SMILES string of the molecule is CB(O)c1ccccc1C=O.COc1ccc(B(C)O)c(C=O)c1.COc1ccc(C=O)c(B(C)O)c1.Cc1cccc(C=O)c1B(O)O. The molecule has 4 rings (SSSR count). The van der Waals surface area contributed by atoms with Gasteiger partial charge in [0.15, 0.2) is 0 Å². The lowest BCUT2D eigenvalue weighted by molar-refractivity contribution is 0.111. The molecule has 0 saturated carbocycles. The van der Waals surface area contributed by atoms with Crippen LogP contribution in [0.1, 0.15) is 47.0 Å². The van der Waals surface area contributed by atoms with Crippen LogP contribution in [0.25, 0.3) is 0 Å². The van der Waals surface area contributed by atoms with E-state index in [0.717, 1.165) is 12.6 Å². The van der Waals surface area contributed by atoms with Crippen LogP contribution in [-0.4, -0.2) is 92.3 Å². The third-order valence-corrected chi connectivity index (χ3v) is 7.06. The molecule has 4 aromatic rings. The van der Waals surface area contributed by atoms with E-state index in [1.165, 1.54) is 7.11 Å². The molecule has 0 saturated heterocycles. The quantitative estimate of drug-likeness (QED) is 0.117. The molecule has 254 valence electrons. The minimum absolute atomic E-state index is 0.285. The molecule has 0 spiro atoms. The first-order valence-electron chi connectivity index (χ1n) is 15.0. The van der Waals surface area contributed by atoms with Gasteiger partial charge in [-0.15, -0.1) is 0 Å². The second kappa shape index (κ2) is 22.0. The van der Waals surface area contributed by atoms with Crippen molar-refractivity contribution in [2.24, 2.45) is 0 Å². The third kappa shape index (κ3) is 13.3. The number of ether oxygens (including phenoxy) is 2. The molecule has 0 atom stereocenters. The van der Waals surface area contributed by atoms with Crippen LogP contribution in [0, 0.1) is 6.92 Å². The smallest absolute Gasteiger partial charge is 0.489 e. The Hall–Kier alpha value is -4.78. The Balaban J connectivity index is 0.000000327. The van der Waals surface area contributed by atoms with Gasteiger partial charge in [-0.1, -0.05) is 74.6 Å². The van der Waals surface area contributed by atoms with Gasteiger partial charge < -0.3 is 34.6 Å². The van der Waals surface area contributed by atoms with Crippen molar-refractivity contribution in [2.75, 3.05) is 14.2 Å². The molecule has 0 aliphatic rings. The predicted molar refractivity (Wildman–Crippen MR) is 195 cm³/mol. The lowest BCUT2D eigenvalue weighted by Crippen LogP contribution is -2.35. The van der Waals surface area contributed by atoms with E-state index in [2.05, 4.69) is 0 Å². The number of hydrogen-bond acceptors (Lipinski definition) is 11. The van der Waals surface area contributed by atoms with E-state index in [4.69, 9.17) is 19.5 Å². The van der Waals surface area contributed by atoms with E-state index in [-0.39, 0.29) is 5.46 Å². The van der Waals surface area contributed by atoms with Gasteiger partial charge in [0.25, 0.3) is 0 Å². The van der Waals surface area contributed by atoms with Gasteiger partial charge in [0.1, 0.15) is 36.6 Å². The molecule has 0 amide bonds. The Morgan fingerprint density at radius 2 is 0.959 bits per heavy atom. The van der Waals surface area contributed by atoms with Crippen molar-refractivity contribution in [3.63, 3.8) is 0 Å². The lowest BCUT2D eigenvalue weighted by Gasteiger charge is -2.07. The summed E-state index contributed by atoms with van der Waals surface area (Å²) < 4.78 is 9.93. The molecule has 0 heterocycles. The fraction of sp³-hybridized carbons (Fsp3) is 0.176. The number of carbonyl (C=O) groups excluding carboxylic acids is 4. The molecular weight excluding hydrogens is 628 g/mol. The van der Waals surface area contributed by atoms with Crippen molar-refractivity contribution in [3.8, 4) is 11.5 Å². The molecule has 0 fully saturated rings. The van der Waals surface area contributed by atoms with Crippen LogP contribution in [0.4, 0.5) is 0 Å². The molecule has 4 aromatic carbocycles. The lowest BCUT2D eigenvalue weighted by atomic mass is 9.62. The van der Waals surface area contributed by atoms with Crippen LogP contribution >= 0.6 is 0 Å². The van der Waals surface area contributed by atoms with Crippen LogP contribution < -0.4 is 31.3 Å². The zero-order valence-electron chi connectivity index (χ0n) is 28.3. The maximum Gasteiger partial charge on any atom is 0.489 e. The van der Waals surface area contributed by atoms with Gasteiger partial charge in [-0.05, 0) is 59.1 Å². The molecule has 11 nitrogen and oxygen atoms in total. The number of hydrogen-bond donors (Lipinski definition) is 5. The highest BCUT2D eigenvalue weighted by atomic mass is 16.5. The zero-order chi connectivity index (χ0) is 37.1. The van der Waals surface area contributed by atoms with Crippen molar-refractivity contribution in [1.82, 2.24) is 0 Å². The van der Waals surface area contributed by atoms with Crippen molar-refractivity contribution in [3.05, 3.63) is 107 Å². The minimum atomic E-state index is -1.58. The van der Waals surface area contributed by atoms with Crippen molar-refractivity contribution >= 4 is 74.9 Å². The molecule has 0 aliphatic carbocycles. The van der Waals surface area contributed by atoms with E-state index >= 15 is 0 Å². The summed E-state index contributed by atoms with van der Waals surface area (Å²) in [4.78, 5) is 42.1. The molecule has 0 bridgehead atoms. The maximum atomic E-state index is 10.6. The summed E-state index contributed by atoms with van der Waals surface area (Å²) in [6.07, 6.45) is 2.80. The Bertz CT molecular complexity index is 1660. The Kier molecular flexibility index (Phi) is 18.9. The van der Waals surface area contributed by atoms with Gasteiger partial charge in [-0.3, -0.25) is 19.2 Å². The van der Waals surface area contributed by atoms with Gasteiger partial charge in [-0.25, -0.2) is 0 Å². The van der Waals surface area contributed by atoms with Crippen LogP contribution in [0.15, 0.2) is 78.9 Å². The summed E-state index contributed by atoms with van der Waals surface area (Å²) >= 11 is 0. The highest BCUT2D eigenvalue weighted by Crippen LogP contribution is 2.10. The van der Waals surface area contributed by atoms with Gasteiger partial charge in [0, 0.05) is 22.3 Å². The van der Waals surface area contributed by atoms with Crippen LogP contribution in [0.3, 0.4) is 0 Å². The average molecular weight is 668 g/mol. The van der Waals surface area contributed by atoms with Crippen LogP contribution in [0.5, 0.6) is 11.5 Å². The van der Waals surface area contributed by atoms with Crippen molar-refractivity contribution in [1.29, 1.82) is 0 Å². The summed E-state index contributed by atoms with van der Waals surface area (Å²) in [5.74, 6) is 1.26. The third-order valence-electron chi connectivity index (χ3n) is 7.06. The van der Waals surface area contributed by atoms with Gasteiger partial charge >= 0.3 is 27.9 Å². The Morgan fingerprint density at radius 3 is 1.41 bits per heavy atom. The van der Waals surface area contributed by atoms with Crippen molar-refractivity contribution in [2.45, 2.75) is 27.4 Å². The van der Waals surface area contributed by atoms with Gasteiger partial charge in [0.2, 0.25) is 0 Å². The fourth-order valence-corrected chi connectivity index (χ4v) is 4.47. The summed E-state index contributed by atoms with van der Waals surface area (Å²) in [5, 5.41) is 45.6. The number of benzene rings is 4. The van der Waals surface area contributed by atoms with Gasteiger partial charge in [-0.2, -0.15) is 0 Å². The zero-order valence-corrected chi connectivity index (χ0v) is 28.3. The molecule has 0 aromatic heterocycles. The van der Waals surface area contributed by atoms with E-state index in [1.54, 1.807) is 113 Å². The van der Waals surface area contributed by atoms with Crippen molar-refractivity contribution < 1.29 is 53.8 Å². The summed E-state index contributed by atoms with van der Waals surface area (Å²) in [6, 6.07) is 22.0. The van der Waals surface area contributed by atoms with E-state index in [0.29, 0.717) is 68.3 Å². The predicted octanol–water partition coefficient (Wildman–Crippen LogP) is 0.464. The monoisotopic (exact) mass is 668 g/mol. The second-order valence-corrected chi connectivity index (χ2v) is 10.6. The first-order valence-corrected chi connectivity index (χ1v) is 15.0. The van der Waals surface area contributed by atoms with E-state index < -0.39 is 27.9 Å². The largest absolute Gasteiger partial charge is 0.497 e. The summed E-state index contributed by atoms with van der Waals surface area (Å²) in [5.41, 5.74) is 4.73. The normalized spacial score (nSPS) is 9.45. The summed E-state index contributed by atoms with van der Waals surface area (Å²) in [6.45, 7) is 4.73. The molecule has 0 aliphatic heterocycles. The topological polar surface area (TPSA) is 188 Å². The minimum Gasteiger partial charge on any atom is -0.497 e. The Morgan fingerprint density at radius 1 is 0.510 bits per heavy atom. The Labute approximate surface area is 288 Å². The first-order chi connectivity index (χ1) is 23.3. The van der Waals surface area contributed by atoms with E-state index in [1.807, 2.05) is 0 Å². The number of aldehydes is 4. The average Bonchev–Trinajstić information content (AvgIpc) is 3.11. The van der Waals surface area contributed by atoms with Crippen LogP contribution in [0.2, 0.25) is 20.5 Å². The van der Waals surface area contributed by atoms with Crippen LogP contribution in [-0.2, 0) is 0 Å². The number of methoxy groups -OCH3 is 2.